The summed E-state index contributed by atoms with van der Waals surface area (Å²) in [5.41, 5.74) is 9.71. The van der Waals surface area contributed by atoms with Gasteiger partial charge in [0.2, 0.25) is 0 Å². The van der Waals surface area contributed by atoms with E-state index in [9.17, 15) is 0 Å². The monoisotopic (exact) mass is 232 g/mol. The van der Waals surface area contributed by atoms with E-state index in [2.05, 4.69) is 36.2 Å². The fraction of sp³-hybridized carbons (Fsp3) is 0.308. The van der Waals surface area contributed by atoms with Crippen molar-refractivity contribution in [3.8, 4) is 0 Å². The number of rotatable bonds is 2. The Morgan fingerprint density at radius 2 is 1.75 bits per heavy atom. The summed E-state index contributed by atoms with van der Waals surface area (Å²) in [6, 6.07) is 8.33. The zero-order valence-electron chi connectivity index (χ0n) is 9.82. The Hall–Kier alpha value is -1.19. The molecule has 0 spiro atoms. The molecule has 1 aromatic heterocycles. The predicted octanol–water partition coefficient (Wildman–Crippen LogP) is 3.12. The lowest BCUT2D eigenvalue weighted by Gasteiger charge is -2.10. The number of hydrogen-bond acceptors (Lipinski definition) is 3. The van der Waals surface area contributed by atoms with Crippen LogP contribution in [0.4, 0.5) is 0 Å². The lowest BCUT2D eigenvalue weighted by molar-refractivity contribution is 0.876. The largest absolute Gasteiger partial charge is 0.320 e. The van der Waals surface area contributed by atoms with Crippen LogP contribution in [-0.4, -0.2) is 4.98 Å². The van der Waals surface area contributed by atoms with E-state index in [1.807, 2.05) is 13.8 Å². The lowest BCUT2D eigenvalue weighted by Crippen LogP contribution is -2.11. The molecule has 0 amide bonds. The summed E-state index contributed by atoms with van der Waals surface area (Å²) in [7, 11) is 0. The van der Waals surface area contributed by atoms with Crippen molar-refractivity contribution in [2.75, 3.05) is 0 Å². The quantitative estimate of drug-likeness (QED) is 0.864. The second kappa shape index (κ2) is 4.36. The molecule has 0 saturated carbocycles. The van der Waals surface area contributed by atoms with Gasteiger partial charge in [-0.05, 0) is 26.3 Å². The molecule has 3 heteroatoms. The van der Waals surface area contributed by atoms with Crippen molar-refractivity contribution in [1.82, 2.24) is 4.98 Å². The van der Waals surface area contributed by atoms with Gasteiger partial charge in [-0.3, -0.25) is 0 Å². The normalized spacial score (nSPS) is 12.8. The summed E-state index contributed by atoms with van der Waals surface area (Å²) >= 11 is 1.69. The van der Waals surface area contributed by atoms with Gasteiger partial charge < -0.3 is 5.73 Å². The summed E-state index contributed by atoms with van der Waals surface area (Å²) in [4.78, 5) is 5.58. The van der Waals surface area contributed by atoms with E-state index in [0.717, 1.165) is 16.3 Å². The molecule has 0 fully saturated rings. The highest BCUT2D eigenvalue weighted by Gasteiger charge is 2.14. The Morgan fingerprint density at radius 3 is 2.25 bits per heavy atom. The van der Waals surface area contributed by atoms with Crippen LogP contribution in [0.5, 0.6) is 0 Å². The highest BCUT2D eigenvalue weighted by atomic mass is 32.1. The second-order valence-corrected chi connectivity index (χ2v) is 5.31. The number of benzene rings is 1. The smallest absolute Gasteiger partial charge is 0.0900 e. The van der Waals surface area contributed by atoms with Gasteiger partial charge in [-0.25, -0.2) is 4.98 Å². The minimum absolute atomic E-state index is 0.0493. The van der Waals surface area contributed by atoms with E-state index in [0.29, 0.717) is 0 Å². The minimum atomic E-state index is -0.0493. The van der Waals surface area contributed by atoms with Gasteiger partial charge in [0.15, 0.2) is 0 Å². The van der Waals surface area contributed by atoms with Gasteiger partial charge in [-0.15, -0.1) is 11.3 Å². The molecule has 0 aliphatic heterocycles. The molecule has 16 heavy (non-hydrogen) atoms. The Kier molecular flexibility index (Phi) is 3.08. The summed E-state index contributed by atoms with van der Waals surface area (Å²) in [5, 5.41) is 1.08. The molecule has 1 aromatic carbocycles. The predicted molar refractivity (Wildman–Crippen MR) is 68.8 cm³/mol. The molecule has 1 heterocycles. The summed E-state index contributed by atoms with van der Waals surface area (Å²) < 4.78 is 0. The van der Waals surface area contributed by atoms with Gasteiger partial charge in [0.1, 0.15) is 0 Å². The van der Waals surface area contributed by atoms with Crippen LogP contribution in [0.3, 0.4) is 0 Å². The molecule has 0 bridgehead atoms. The van der Waals surface area contributed by atoms with Gasteiger partial charge >= 0.3 is 0 Å². The van der Waals surface area contributed by atoms with Crippen LogP contribution in [0.25, 0.3) is 0 Å². The fourth-order valence-corrected chi connectivity index (χ4v) is 2.72. The topological polar surface area (TPSA) is 38.9 Å². The zero-order valence-corrected chi connectivity index (χ0v) is 10.6. The number of nitrogens with zero attached hydrogens (tertiary/aromatic N) is 1. The van der Waals surface area contributed by atoms with Crippen molar-refractivity contribution in [3.63, 3.8) is 0 Å². The molecule has 2 N–H and O–H groups in total. The Balaban J connectivity index is 2.35. The van der Waals surface area contributed by atoms with E-state index in [1.165, 1.54) is 10.4 Å². The molecule has 0 radical (unpaired) electrons. The van der Waals surface area contributed by atoms with Gasteiger partial charge in [0.05, 0.1) is 16.7 Å². The number of aromatic nitrogens is 1. The molecular formula is C13H16N2S. The van der Waals surface area contributed by atoms with E-state index in [4.69, 9.17) is 5.73 Å². The minimum Gasteiger partial charge on any atom is -0.320 e. The van der Waals surface area contributed by atoms with Crippen molar-refractivity contribution >= 4 is 11.3 Å². The molecule has 84 valence electrons. The van der Waals surface area contributed by atoms with Crippen LogP contribution in [-0.2, 0) is 0 Å². The van der Waals surface area contributed by atoms with Crippen LogP contribution in [0.1, 0.15) is 32.7 Å². The van der Waals surface area contributed by atoms with Crippen molar-refractivity contribution in [2.24, 2.45) is 5.73 Å². The molecule has 1 atom stereocenters. The average Bonchev–Trinajstić information content (AvgIpc) is 2.58. The van der Waals surface area contributed by atoms with E-state index >= 15 is 0 Å². The third-order valence-corrected chi connectivity index (χ3v) is 3.81. The van der Waals surface area contributed by atoms with Gasteiger partial charge in [-0.1, -0.05) is 29.8 Å². The second-order valence-electron chi connectivity index (χ2n) is 4.07. The number of aryl methyl sites for hydroxylation is 3. The van der Waals surface area contributed by atoms with Crippen LogP contribution < -0.4 is 5.73 Å². The van der Waals surface area contributed by atoms with Gasteiger partial charge in [0.25, 0.3) is 0 Å². The van der Waals surface area contributed by atoms with Crippen LogP contribution in [0.2, 0.25) is 0 Å². The molecule has 2 rings (SSSR count). The first-order valence-corrected chi connectivity index (χ1v) is 6.15. The third-order valence-electron chi connectivity index (χ3n) is 2.66. The maximum absolute atomic E-state index is 6.25. The van der Waals surface area contributed by atoms with Crippen molar-refractivity contribution in [1.29, 1.82) is 0 Å². The Morgan fingerprint density at radius 1 is 1.12 bits per heavy atom. The standard InChI is InChI=1S/C13H16N2S/c1-8-4-6-11(7-5-8)12(14)13-9(2)15-10(3)16-13/h4-7,12H,14H2,1-3H3. The highest BCUT2D eigenvalue weighted by molar-refractivity contribution is 7.11. The van der Waals surface area contributed by atoms with E-state index < -0.39 is 0 Å². The molecule has 0 saturated heterocycles. The molecule has 0 aliphatic rings. The average molecular weight is 232 g/mol. The maximum atomic E-state index is 6.25. The van der Waals surface area contributed by atoms with Crippen LogP contribution in [0.15, 0.2) is 24.3 Å². The van der Waals surface area contributed by atoms with Crippen LogP contribution in [0, 0.1) is 20.8 Å². The molecule has 2 nitrogen and oxygen atoms in total. The molecule has 0 aliphatic carbocycles. The number of hydrogen-bond donors (Lipinski definition) is 1. The first kappa shape index (κ1) is 11.3. The molecule has 1 unspecified atom stereocenters. The third kappa shape index (κ3) is 2.15. The van der Waals surface area contributed by atoms with E-state index in [-0.39, 0.29) is 6.04 Å². The molecule has 2 aromatic rings. The van der Waals surface area contributed by atoms with Crippen molar-refractivity contribution < 1.29 is 0 Å². The Labute approximate surface area is 100 Å². The van der Waals surface area contributed by atoms with Gasteiger partial charge in [0, 0.05) is 4.88 Å². The highest BCUT2D eigenvalue weighted by Crippen LogP contribution is 2.27. The number of thiazole rings is 1. The lowest BCUT2D eigenvalue weighted by atomic mass is 10.0. The summed E-state index contributed by atoms with van der Waals surface area (Å²) in [6.45, 7) is 6.12. The number of nitrogens with two attached hydrogens (primary N) is 1. The summed E-state index contributed by atoms with van der Waals surface area (Å²) in [6.07, 6.45) is 0. The van der Waals surface area contributed by atoms with Gasteiger partial charge in [-0.2, -0.15) is 0 Å². The first-order valence-electron chi connectivity index (χ1n) is 5.34. The molecular weight excluding hydrogens is 216 g/mol. The fourth-order valence-electron chi connectivity index (χ4n) is 1.76. The van der Waals surface area contributed by atoms with E-state index in [1.54, 1.807) is 11.3 Å². The maximum Gasteiger partial charge on any atom is 0.0900 e. The van der Waals surface area contributed by atoms with Crippen LogP contribution >= 0.6 is 11.3 Å². The SMILES string of the molecule is Cc1ccc(C(N)c2sc(C)nc2C)cc1. The first-order chi connectivity index (χ1) is 7.58. The van der Waals surface area contributed by atoms with Crippen molar-refractivity contribution in [3.05, 3.63) is 51.0 Å². The Bertz CT molecular complexity index is 485. The van der Waals surface area contributed by atoms with Crippen molar-refractivity contribution in [2.45, 2.75) is 26.8 Å². The summed E-state index contributed by atoms with van der Waals surface area (Å²) in [5.74, 6) is 0. The zero-order chi connectivity index (χ0) is 11.7.